The monoisotopic (exact) mass is 289 g/mol. The summed E-state index contributed by atoms with van der Waals surface area (Å²) in [4.78, 5) is 15.1. The zero-order valence-corrected chi connectivity index (χ0v) is 12.7. The highest BCUT2D eigenvalue weighted by Crippen LogP contribution is 2.32. The second-order valence-electron chi connectivity index (χ2n) is 6.00. The summed E-state index contributed by atoms with van der Waals surface area (Å²) in [7, 11) is 2.15. The molecular weight excluding hydrogens is 266 g/mol. The lowest BCUT2D eigenvalue weighted by atomic mass is 9.81. The van der Waals surface area contributed by atoms with Crippen LogP contribution in [0.2, 0.25) is 0 Å². The van der Waals surface area contributed by atoms with E-state index in [2.05, 4.69) is 11.9 Å². The topological polar surface area (TPSA) is 38.8 Å². The van der Waals surface area contributed by atoms with Gasteiger partial charge in [0.1, 0.15) is 5.75 Å². The number of nitrogens with zero attached hydrogens (tertiary/aromatic N) is 1. The van der Waals surface area contributed by atoms with Gasteiger partial charge in [-0.2, -0.15) is 0 Å². The van der Waals surface area contributed by atoms with Crippen molar-refractivity contribution in [1.82, 2.24) is 4.90 Å². The Labute approximate surface area is 126 Å². The summed E-state index contributed by atoms with van der Waals surface area (Å²) in [5.41, 5.74) is 0.798. The molecule has 2 heterocycles. The third kappa shape index (κ3) is 2.97. The number of ether oxygens (including phenoxy) is 2. The van der Waals surface area contributed by atoms with E-state index in [-0.39, 0.29) is 11.7 Å². The van der Waals surface area contributed by atoms with Gasteiger partial charge in [0.2, 0.25) is 0 Å². The van der Waals surface area contributed by atoms with Crippen LogP contribution < -0.4 is 4.74 Å². The van der Waals surface area contributed by atoms with E-state index in [9.17, 15) is 4.79 Å². The first-order valence-electron chi connectivity index (χ1n) is 7.75. The van der Waals surface area contributed by atoms with Crippen molar-refractivity contribution >= 4 is 5.78 Å². The van der Waals surface area contributed by atoms with Crippen LogP contribution in [-0.2, 0) is 4.74 Å². The van der Waals surface area contributed by atoms with Crippen LogP contribution in [0.1, 0.15) is 30.1 Å². The first-order chi connectivity index (χ1) is 10.2. The van der Waals surface area contributed by atoms with Crippen molar-refractivity contribution < 1.29 is 14.3 Å². The van der Waals surface area contributed by atoms with E-state index in [1.54, 1.807) is 0 Å². The quantitative estimate of drug-likeness (QED) is 0.798. The van der Waals surface area contributed by atoms with Gasteiger partial charge in [-0.05, 0) is 51.1 Å². The number of benzene rings is 1. The third-order valence-corrected chi connectivity index (χ3v) is 4.71. The highest BCUT2D eigenvalue weighted by Gasteiger charge is 2.39. The number of likely N-dealkylation sites (N-methyl/N-ethyl adjacent to an activating group) is 1. The van der Waals surface area contributed by atoms with Gasteiger partial charge in [0.15, 0.2) is 5.78 Å². The molecule has 114 valence electrons. The molecule has 3 rings (SSSR count). The summed E-state index contributed by atoms with van der Waals surface area (Å²) in [5, 5.41) is 0. The smallest absolute Gasteiger partial charge is 0.166 e. The largest absolute Gasteiger partial charge is 0.494 e. The minimum Gasteiger partial charge on any atom is -0.494 e. The molecule has 0 amide bonds. The summed E-state index contributed by atoms with van der Waals surface area (Å²) >= 11 is 0. The van der Waals surface area contributed by atoms with Crippen molar-refractivity contribution in [2.45, 2.75) is 31.8 Å². The van der Waals surface area contributed by atoms with Crippen LogP contribution in [0.4, 0.5) is 0 Å². The van der Waals surface area contributed by atoms with Crippen molar-refractivity contribution in [2.24, 2.45) is 5.92 Å². The van der Waals surface area contributed by atoms with Crippen LogP contribution in [0, 0.1) is 5.92 Å². The van der Waals surface area contributed by atoms with Crippen LogP contribution in [0.3, 0.4) is 0 Å². The van der Waals surface area contributed by atoms with Gasteiger partial charge in [-0.25, -0.2) is 0 Å². The van der Waals surface area contributed by atoms with Gasteiger partial charge in [-0.15, -0.1) is 0 Å². The number of ketones is 1. The number of piperidine rings is 1. The van der Waals surface area contributed by atoms with Crippen molar-refractivity contribution in [3.63, 3.8) is 0 Å². The Hall–Kier alpha value is -1.39. The van der Waals surface area contributed by atoms with Crippen LogP contribution >= 0.6 is 0 Å². The summed E-state index contributed by atoms with van der Waals surface area (Å²) in [6.45, 7) is 4.10. The number of fused-ring (bicyclic) bond motifs is 2. The predicted molar refractivity (Wildman–Crippen MR) is 80.8 cm³/mol. The van der Waals surface area contributed by atoms with E-state index in [1.165, 1.54) is 0 Å². The molecular formula is C17H23NO3. The Bertz CT molecular complexity index is 485. The molecule has 2 bridgehead atoms. The maximum Gasteiger partial charge on any atom is 0.166 e. The Morgan fingerprint density at radius 2 is 1.86 bits per heavy atom. The molecule has 2 fully saturated rings. The third-order valence-electron chi connectivity index (χ3n) is 4.71. The maximum atomic E-state index is 12.7. The van der Waals surface area contributed by atoms with Crippen molar-refractivity contribution in [3.05, 3.63) is 29.8 Å². The molecule has 0 saturated carbocycles. The highest BCUT2D eigenvalue weighted by atomic mass is 16.5. The molecule has 0 radical (unpaired) electrons. The summed E-state index contributed by atoms with van der Waals surface area (Å²) < 4.78 is 11.0. The fraction of sp³-hybridized carbons (Fsp3) is 0.588. The molecule has 2 unspecified atom stereocenters. The van der Waals surface area contributed by atoms with Gasteiger partial charge >= 0.3 is 0 Å². The summed E-state index contributed by atoms with van der Waals surface area (Å²) in [6, 6.07) is 8.31. The van der Waals surface area contributed by atoms with Crippen molar-refractivity contribution in [2.75, 3.05) is 26.9 Å². The molecule has 2 atom stereocenters. The Kier molecular flexibility index (Phi) is 4.27. The first kappa shape index (κ1) is 14.5. The maximum absolute atomic E-state index is 12.7. The van der Waals surface area contributed by atoms with Crippen LogP contribution in [0.15, 0.2) is 24.3 Å². The van der Waals surface area contributed by atoms with Gasteiger partial charge < -0.3 is 9.47 Å². The van der Waals surface area contributed by atoms with Crippen LogP contribution in [0.5, 0.6) is 5.75 Å². The lowest BCUT2D eigenvalue weighted by molar-refractivity contribution is -0.0702. The molecule has 1 aromatic rings. The normalized spacial score (nSPS) is 29.1. The molecule has 2 aliphatic heterocycles. The lowest BCUT2D eigenvalue weighted by Gasteiger charge is -2.46. The van der Waals surface area contributed by atoms with E-state index in [1.807, 2.05) is 31.2 Å². The SMILES string of the molecule is CCOc1ccc(C(=O)C2CC3COCC(C2)N3C)cc1. The lowest BCUT2D eigenvalue weighted by Crippen LogP contribution is -2.55. The molecule has 0 aromatic heterocycles. The Morgan fingerprint density at radius 1 is 1.24 bits per heavy atom. The fourth-order valence-corrected chi connectivity index (χ4v) is 3.43. The van der Waals surface area contributed by atoms with Gasteiger partial charge in [0.05, 0.1) is 19.8 Å². The van der Waals surface area contributed by atoms with E-state index in [0.29, 0.717) is 18.7 Å². The minimum atomic E-state index is 0.123. The van der Waals surface area contributed by atoms with Gasteiger partial charge in [-0.1, -0.05) is 0 Å². The number of Topliss-reactive ketones (excluding diaryl/α,β-unsaturated/α-hetero) is 1. The van der Waals surface area contributed by atoms with Crippen LogP contribution in [-0.4, -0.2) is 49.6 Å². The first-order valence-corrected chi connectivity index (χ1v) is 7.75. The molecule has 2 saturated heterocycles. The fourth-order valence-electron chi connectivity index (χ4n) is 3.43. The second kappa shape index (κ2) is 6.16. The van der Waals surface area contributed by atoms with Crippen LogP contribution in [0.25, 0.3) is 0 Å². The van der Waals surface area contributed by atoms with E-state index < -0.39 is 0 Å². The molecule has 2 aliphatic rings. The number of hydrogen-bond acceptors (Lipinski definition) is 4. The molecule has 0 N–H and O–H groups in total. The van der Waals surface area contributed by atoms with E-state index in [0.717, 1.165) is 37.4 Å². The predicted octanol–water partition coefficient (Wildman–Crippen LogP) is 2.38. The molecule has 4 nitrogen and oxygen atoms in total. The van der Waals surface area contributed by atoms with Crippen molar-refractivity contribution in [1.29, 1.82) is 0 Å². The average molecular weight is 289 g/mol. The Balaban J connectivity index is 1.70. The molecule has 1 aromatic carbocycles. The molecule has 4 heteroatoms. The standard InChI is InChI=1S/C17H23NO3/c1-3-21-16-6-4-12(5-7-16)17(19)13-8-14-10-20-11-15(9-13)18(14)2/h4-7,13-15H,3,8-11H2,1-2H3. The zero-order chi connectivity index (χ0) is 14.8. The van der Waals surface area contributed by atoms with Crippen molar-refractivity contribution in [3.8, 4) is 5.75 Å². The zero-order valence-electron chi connectivity index (χ0n) is 12.7. The minimum absolute atomic E-state index is 0.123. The number of carbonyl (C=O) groups excluding carboxylic acids is 1. The van der Waals surface area contributed by atoms with Gasteiger partial charge in [-0.3, -0.25) is 9.69 Å². The Morgan fingerprint density at radius 3 is 2.43 bits per heavy atom. The second-order valence-corrected chi connectivity index (χ2v) is 6.00. The molecule has 0 aliphatic carbocycles. The molecule has 21 heavy (non-hydrogen) atoms. The number of rotatable bonds is 4. The van der Waals surface area contributed by atoms with Gasteiger partial charge in [0.25, 0.3) is 0 Å². The summed E-state index contributed by atoms with van der Waals surface area (Å²) in [5.74, 6) is 1.21. The number of morpholine rings is 1. The van der Waals surface area contributed by atoms with E-state index >= 15 is 0 Å². The average Bonchev–Trinajstić information content (AvgIpc) is 2.47. The van der Waals surface area contributed by atoms with E-state index in [4.69, 9.17) is 9.47 Å². The number of carbonyl (C=O) groups is 1. The number of hydrogen-bond donors (Lipinski definition) is 0. The highest BCUT2D eigenvalue weighted by molar-refractivity contribution is 5.98. The molecule has 0 spiro atoms. The summed E-state index contributed by atoms with van der Waals surface area (Å²) in [6.07, 6.45) is 1.80. The van der Waals surface area contributed by atoms with Gasteiger partial charge in [0, 0.05) is 23.6 Å².